The SMILES string of the molecule is CC(C)CC(N)C(=O)NC(CCC(N)=O)C(=O)NC(Cc1ccc(O)cc1)C(=O)NC(CC(=O)O)C(=O)O. The molecule has 0 aliphatic heterocycles. The van der Waals surface area contributed by atoms with Crippen LogP contribution in [-0.2, 0) is 35.2 Å². The number of rotatable bonds is 16. The standard InChI is InChI=1S/C24H35N5O9/c1-12(2)9-15(25)21(34)27-16(7-8-19(26)31)22(35)28-17(10-13-3-5-14(30)6-4-13)23(36)29-18(24(37)38)11-20(32)33/h3-6,12,15-18,30H,7-11,25H2,1-2H3,(H2,26,31)(H,27,34)(H,28,35)(H,29,36)(H,32,33)(H,37,38). The summed E-state index contributed by atoms with van der Waals surface area (Å²) in [7, 11) is 0. The van der Waals surface area contributed by atoms with Gasteiger partial charge in [0.05, 0.1) is 12.5 Å². The molecule has 1 aromatic rings. The second-order valence-corrected chi connectivity index (χ2v) is 9.23. The Hall–Kier alpha value is -4.20. The number of phenols is 1. The molecule has 4 amide bonds. The summed E-state index contributed by atoms with van der Waals surface area (Å²) in [6, 6.07) is 0.153. The number of benzene rings is 1. The summed E-state index contributed by atoms with van der Waals surface area (Å²) >= 11 is 0. The first-order valence-electron chi connectivity index (χ1n) is 11.9. The third kappa shape index (κ3) is 11.7. The summed E-state index contributed by atoms with van der Waals surface area (Å²) in [5.74, 6) is -6.31. The Morgan fingerprint density at radius 2 is 1.37 bits per heavy atom. The zero-order chi connectivity index (χ0) is 29.0. The number of carboxylic acids is 2. The molecule has 10 N–H and O–H groups in total. The van der Waals surface area contributed by atoms with E-state index in [9.17, 15) is 39.0 Å². The number of primary amides is 1. The Morgan fingerprint density at radius 3 is 1.87 bits per heavy atom. The highest BCUT2D eigenvalue weighted by atomic mass is 16.4. The monoisotopic (exact) mass is 537 g/mol. The maximum absolute atomic E-state index is 13.1. The van der Waals surface area contributed by atoms with E-state index in [0.717, 1.165) is 0 Å². The highest BCUT2D eigenvalue weighted by Crippen LogP contribution is 2.12. The van der Waals surface area contributed by atoms with Gasteiger partial charge in [-0.3, -0.25) is 24.0 Å². The fourth-order valence-corrected chi connectivity index (χ4v) is 3.45. The number of carbonyl (C=O) groups excluding carboxylic acids is 4. The van der Waals surface area contributed by atoms with Gasteiger partial charge in [-0.15, -0.1) is 0 Å². The summed E-state index contributed by atoms with van der Waals surface area (Å²) in [5, 5.41) is 34.7. The van der Waals surface area contributed by atoms with Crippen LogP contribution in [0.5, 0.6) is 5.75 Å². The van der Waals surface area contributed by atoms with Crippen LogP contribution >= 0.6 is 0 Å². The quantitative estimate of drug-likeness (QED) is 0.122. The average molecular weight is 538 g/mol. The maximum atomic E-state index is 13.1. The van der Waals surface area contributed by atoms with Crippen molar-refractivity contribution in [2.24, 2.45) is 17.4 Å². The smallest absolute Gasteiger partial charge is 0.326 e. The third-order valence-corrected chi connectivity index (χ3v) is 5.38. The minimum absolute atomic E-state index is 0.0573. The molecule has 14 heteroatoms. The number of carbonyl (C=O) groups is 6. The number of carboxylic acid groups (broad SMARTS) is 2. The number of aliphatic carboxylic acids is 2. The molecule has 0 saturated heterocycles. The number of nitrogens with two attached hydrogens (primary N) is 2. The molecule has 0 heterocycles. The Labute approximate surface area is 219 Å². The summed E-state index contributed by atoms with van der Waals surface area (Å²) in [6.07, 6.45) is -1.24. The molecule has 0 bridgehead atoms. The normalized spacial score (nSPS) is 14.0. The molecule has 1 rings (SSSR count). The summed E-state index contributed by atoms with van der Waals surface area (Å²) < 4.78 is 0. The lowest BCUT2D eigenvalue weighted by atomic mass is 10.0. The Bertz CT molecular complexity index is 1010. The Morgan fingerprint density at radius 1 is 0.842 bits per heavy atom. The van der Waals surface area contributed by atoms with Crippen LogP contribution in [0.15, 0.2) is 24.3 Å². The largest absolute Gasteiger partial charge is 0.508 e. The van der Waals surface area contributed by atoms with Crippen LogP contribution in [0.1, 0.15) is 45.1 Å². The average Bonchev–Trinajstić information content (AvgIpc) is 2.80. The zero-order valence-electron chi connectivity index (χ0n) is 21.2. The lowest BCUT2D eigenvalue weighted by molar-refractivity contribution is -0.147. The van der Waals surface area contributed by atoms with Crippen molar-refractivity contribution in [1.82, 2.24) is 16.0 Å². The molecule has 0 radical (unpaired) electrons. The first-order valence-corrected chi connectivity index (χ1v) is 11.9. The Balaban J connectivity index is 3.19. The number of hydrogen-bond acceptors (Lipinski definition) is 8. The van der Waals surface area contributed by atoms with Gasteiger partial charge in [-0.05, 0) is 36.5 Å². The van der Waals surface area contributed by atoms with Gasteiger partial charge >= 0.3 is 11.9 Å². The second kappa shape index (κ2) is 15.1. The van der Waals surface area contributed by atoms with E-state index >= 15 is 0 Å². The minimum Gasteiger partial charge on any atom is -0.508 e. The van der Waals surface area contributed by atoms with E-state index in [2.05, 4.69) is 16.0 Å². The Kier molecular flexibility index (Phi) is 12.7. The number of aromatic hydroxyl groups is 1. The summed E-state index contributed by atoms with van der Waals surface area (Å²) in [4.78, 5) is 72.4. The minimum atomic E-state index is -1.78. The fraction of sp³-hybridized carbons (Fsp3) is 0.500. The molecule has 210 valence electrons. The van der Waals surface area contributed by atoms with E-state index in [1.165, 1.54) is 24.3 Å². The van der Waals surface area contributed by atoms with E-state index < -0.39 is 66.2 Å². The van der Waals surface area contributed by atoms with Gasteiger partial charge in [-0.25, -0.2) is 4.79 Å². The molecule has 0 aliphatic rings. The molecule has 14 nitrogen and oxygen atoms in total. The highest BCUT2D eigenvalue weighted by molar-refractivity contribution is 5.95. The predicted octanol–water partition coefficient (Wildman–Crippen LogP) is -1.41. The molecular formula is C24H35N5O9. The van der Waals surface area contributed by atoms with Crippen molar-refractivity contribution in [3.63, 3.8) is 0 Å². The second-order valence-electron chi connectivity index (χ2n) is 9.23. The summed E-state index contributed by atoms with van der Waals surface area (Å²) in [5.41, 5.74) is 11.5. The number of amides is 4. The van der Waals surface area contributed by atoms with Crippen molar-refractivity contribution in [1.29, 1.82) is 0 Å². The fourth-order valence-electron chi connectivity index (χ4n) is 3.45. The van der Waals surface area contributed by atoms with Crippen molar-refractivity contribution >= 4 is 35.6 Å². The van der Waals surface area contributed by atoms with Crippen molar-refractivity contribution in [3.05, 3.63) is 29.8 Å². The predicted molar refractivity (Wildman–Crippen MR) is 133 cm³/mol. The van der Waals surface area contributed by atoms with Crippen LogP contribution < -0.4 is 27.4 Å². The number of nitrogens with one attached hydrogen (secondary N) is 3. The van der Waals surface area contributed by atoms with Crippen molar-refractivity contribution in [2.45, 2.75) is 70.1 Å². The maximum Gasteiger partial charge on any atom is 0.326 e. The van der Waals surface area contributed by atoms with Crippen LogP contribution in [0, 0.1) is 5.92 Å². The van der Waals surface area contributed by atoms with Crippen molar-refractivity contribution < 1.29 is 44.1 Å². The van der Waals surface area contributed by atoms with Gasteiger partial charge in [0.1, 0.15) is 23.9 Å². The molecule has 1 aromatic carbocycles. The van der Waals surface area contributed by atoms with Gasteiger partial charge in [0.25, 0.3) is 0 Å². The number of phenolic OH excluding ortho intramolecular Hbond substituents is 1. The van der Waals surface area contributed by atoms with E-state index in [0.29, 0.717) is 12.0 Å². The van der Waals surface area contributed by atoms with E-state index in [4.69, 9.17) is 16.6 Å². The van der Waals surface area contributed by atoms with Crippen LogP contribution in [-0.4, -0.2) is 75.1 Å². The first-order chi connectivity index (χ1) is 17.7. The summed E-state index contributed by atoms with van der Waals surface area (Å²) in [6.45, 7) is 3.71. The molecule has 0 fully saturated rings. The topological polar surface area (TPSA) is 251 Å². The van der Waals surface area contributed by atoms with Crippen molar-refractivity contribution in [3.8, 4) is 5.75 Å². The van der Waals surface area contributed by atoms with Crippen LogP contribution in [0.3, 0.4) is 0 Å². The van der Waals surface area contributed by atoms with Gasteiger partial charge in [0.15, 0.2) is 0 Å². The lowest BCUT2D eigenvalue weighted by Crippen LogP contribution is -2.58. The molecule has 0 saturated carbocycles. The lowest BCUT2D eigenvalue weighted by Gasteiger charge is -2.25. The third-order valence-electron chi connectivity index (χ3n) is 5.38. The van der Waals surface area contributed by atoms with Gasteiger partial charge in [-0.2, -0.15) is 0 Å². The molecule has 4 atom stereocenters. The van der Waals surface area contributed by atoms with Gasteiger partial charge in [0.2, 0.25) is 23.6 Å². The molecule has 0 spiro atoms. The highest BCUT2D eigenvalue weighted by Gasteiger charge is 2.31. The first kappa shape index (κ1) is 31.8. The van der Waals surface area contributed by atoms with Crippen LogP contribution in [0.2, 0.25) is 0 Å². The van der Waals surface area contributed by atoms with E-state index in [-0.39, 0.29) is 30.9 Å². The molecule has 4 unspecified atom stereocenters. The number of hydrogen-bond donors (Lipinski definition) is 8. The van der Waals surface area contributed by atoms with Gasteiger partial charge in [-0.1, -0.05) is 26.0 Å². The molecular weight excluding hydrogens is 502 g/mol. The van der Waals surface area contributed by atoms with Gasteiger partial charge < -0.3 is 42.7 Å². The van der Waals surface area contributed by atoms with E-state index in [1.807, 2.05) is 13.8 Å². The van der Waals surface area contributed by atoms with Crippen LogP contribution in [0.25, 0.3) is 0 Å². The molecule has 0 aromatic heterocycles. The van der Waals surface area contributed by atoms with Crippen LogP contribution in [0.4, 0.5) is 0 Å². The van der Waals surface area contributed by atoms with E-state index in [1.54, 1.807) is 0 Å². The molecule has 0 aliphatic carbocycles. The zero-order valence-corrected chi connectivity index (χ0v) is 21.2. The van der Waals surface area contributed by atoms with Crippen molar-refractivity contribution in [2.75, 3.05) is 0 Å². The molecule has 38 heavy (non-hydrogen) atoms. The van der Waals surface area contributed by atoms with Gasteiger partial charge in [0, 0.05) is 12.8 Å².